The zero-order chi connectivity index (χ0) is 15.3. The minimum absolute atomic E-state index is 0.558. The molecule has 0 bridgehead atoms. The van der Waals surface area contributed by atoms with Crippen molar-refractivity contribution in [3.63, 3.8) is 0 Å². The molecule has 1 saturated carbocycles. The lowest BCUT2D eigenvalue weighted by atomic mass is 9.80. The van der Waals surface area contributed by atoms with Gasteiger partial charge in [-0.2, -0.15) is 0 Å². The summed E-state index contributed by atoms with van der Waals surface area (Å²) in [6, 6.07) is 0. The molecule has 4 atom stereocenters. The van der Waals surface area contributed by atoms with Gasteiger partial charge in [0.1, 0.15) is 0 Å². The van der Waals surface area contributed by atoms with Crippen LogP contribution in [0.3, 0.4) is 0 Å². The van der Waals surface area contributed by atoms with Gasteiger partial charge in [0.05, 0.1) is 0 Å². The van der Waals surface area contributed by atoms with Crippen LogP contribution < -0.4 is 0 Å². The van der Waals surface area contributed by atoms with Crippen LogP contribution in [0.25, 0.3) is 0 Å². The molecule has 1 fully saturated rings. The maximum atomic E-state index is 2.52. The first kappa shape index (κ1) is 18.0. The van der Waals surface area contributed by atoms with Gasteiger partial charge < -0.3 is 4.90 Å². The second-order valence-corrected chi connectivity index (χ2v) is 8.14. The third kappa shape index (κ3) is 5.06. The third-order valence-corrected chi connectivity index (χ3v) is 5.99. The minimum Gasteiger partial charge on any atom is -0.307 e. The Morgan fingerprint density at radius 2 is 1.80 bits per heavy atom. The van der Waals surface area contributed by atoms with Gasteiger partial charge in [-0.25, -0.2) is 0 Å². The van der Waals surface area contributed by atoms with Crippen LogP contribution in [-0.2, 0) is 0 Å². The van der Waals surface area contributed by atoms with E-state index in [1.807, 2.05) is 0 Å². The maximum absolute atomic E-state index is 2.52. The SMILES string of the molecule is CCC(C)CC1C(C)C1C(C)(C)CCCCN(C)CC. The van der Waals surface area contributed by atoms with E-state index in [2.05, 4.69) is 53.5 Å². The predicted octanol–water partition coefficient (Wildman–Crippen LogP) is 5.45. The van der Waals surface area contributed by atoms with Gasteiger partial charge in [0, 0.05) is 0 Å². The summed E-state index contributed by atoms with van der Waals surface area (Å²) in [7, 11) is 2.23. The Balaban J connectivity index is 2.30. The zero-order valence-electron chi connectivity index (χ0n) is 15.2. The van der Waals surface area contributed by atoms with E-state index in [1.165, 1.54) is 45.2 Å². The van der Waals surface area contributed by atoms with Crippen LogP contribution in [0.4, 0.5) is 0 Å². The number of rotatable bonds is 10. The van der Waals surface area contributed by atoms with E-state index in [0.717, 1.165) is 23.7 Å². The fraction of sp³-hybridized carbons (Fsp3) is 1.00. The van der Waals surface area contributed by atoms with Crippen LogP contribution in [0.1, 0.15) is 73.6 Å². The van der Waals surface area contributed by atoms with E-state index in [1.54, 1.807) is 0 Å². The van der Waals surface area contributed by atoms with Crippen LogP contribution in [-0.4, -0.2) is 25.0 Å². The van der Waals surface area contributed by atoms with E-state index in [4.69, 9.17) is 0 Å². The molecular formula is C19H39N. The highest BCUT2D eigenvalue weighted by Gasteiger charge is 2.53. The number of hydrogen-bond donors (Lipinski definition) is 0. The largest absolute Gasteiger partial charge is 0.307 e. The molecule has 0 N–H and O–H groups in total. The molecule has 0 aliphatic heterocycles. The number of hydrogen-bond acceptors (Lipinski definition) is 1. The molecule has 0 aromatic heterocycles. The van der Waals surface area contributed by atoms with Crippen molar-refractivity contribution in [3.8, 4) is 0 Å². The quantitative estimate of drug-likeness (QED) is 0.481. The molecule has 0 aromatic rings. The topological polar surface area (TPSA) is 3.24 Å². The molecular weight excluding hydrogens is 242 g/mol. The molecule has 1 aliphatic carbocycles. The van der Waals surface area contributed by atoms with Gasteiger partial charge >= 0.3 is 0 Å². The van der Waals surface area contributed by atoms with Gasteiger partial charge in [-0.05, 0) is 68.5 Å². The molecule has 1 rings (SSSR count). The first-order chi connectivity index (χ1) is 9.33. The van der Waals surface area contributed by atoms with Crippen molar-refractivity contribution in [2.45, 2.75) is 73.6 Å². The lowest BCUT2D eigenvalue weighted by Crippen LogP contribution is -2.20. The smallest absolute Gasteiger partial charge is 0.00219 e. The Kier molecular flexibility index (Phi) is 7.04. The molecule has 0 spiro atoms. The van der Waals surface area contributed by atoms with Crippen LogP contribution in [0.15, 0.2) is 0 Å². The van der Waals surface area contributed by atoms with E-state index < -0.39 is 0 Å². The highest BCUT2D eigenvalue weighted by atomic mass is 15.1. The van der Waals surface area contributed by atoms with E-state index in [9.17, 15) is 0 Å². The van der Waals surface area contributed by atoms with Crippen molar-refractivity contribution in [3.05, 3.63) is 0 Å². The standard InChI is InChI=1S/C19H39N/c1-8-15(3)14-17-16(4)18(17)19(5,6)12-10-11-13-20(7)9-2/h15-18H,8-14H2,1-7H3. The van der Waals surface area contributed by atoms with Crippen molar-refractivity contribution in [1.82, 2.24) is 4.90 Å². The van der Waals surface area contributed by atoms with E-state index in [-0.39, 0.29) is 0 Å². The normalized spacial score (nSPS) is 27.9. The van der Waals surface area contributed by atoms with Gasteiger partial charge in [0.15, 0.2) is 0 Å². The molecule has 0 radical (unpaired) electrons. The minimum atomic E-state index is 0.558. The average Bonchev–Trinajstić information content (AvgIpc) is 3.05. The summed E-state index contributed by atoms with van der Waals surface area (Å²) in [5, 5.41) is 0. The van der Waals surface area contributed by atoms with E-state index in [0.29, 0.717) is 5.41 Å². The molecule has 0 amide bonds. The lowest BCUT2D eigenvalue weighted by Gasteiger charge is -2.26. The van der Waals surface area contributed by atoms with Crippen LogP contribution >= 0.6 is 0 Å². The second-order valence-electron chi connectivity index (χ2n) is 8.14. The highest BCUT2D eigenvalue weighted by molar-refractivity contribution is 5.02. The van der Waals surface area contributed by atoms with Gasteiger partial charge in [-0.15, -0.1) is 0 Å². The summed E-state index contributed by atoms with van der Waals surface area (Å²) >= 11 is 0. The summed E-state index contributed by atoms with van der Waals surface area (Å²) in [5.74, 6) is 3.89. The highest BCUT2D eigenvalue weighted by Crippen LogP contribution is 2.60. The van der Waals surface area contributed by atoms with E-state index >= 15 is 0 Å². The lowest BCUT2D eigenvalue weighted by molar-refractivity contribution is 0.237. The van der Waals surface area contributed by atoms with Gasteiger partial charge in [0.2, 0.25) is 0 Å². The molecule has 20 heavy (non-hydrogen) atoms. The zero-order valence-corrected chi connectivity index (χ0v) is 15.2. The molecule has 1 aliphatic rings. The number of nitrogens with zero attached hydrogens (tertiary/aromatic N) is 1. The van der Waals surface area contributed by atoms with Crippen molar-refractivity contribution in [1.29, 1.82) is 0 Å². The van der Waals surface area contributed by atoms with Crippen molar-refractivity contribution >= 4 is 0 Å². The van der Waals surface area contributed by atoms with Gasteiger partial charge in [0.25, 0.3) is 0 Å². The summed E-state index contributed by atoms with van der Waals surface area (Å²) in [6.45, 7) is 17.0. The molecule has 0 saturated heterocycles. The summed E-state index contributed by atoms with van der Waals surface area (Å²) in [4.78, 5) is 2.43. The second kappa shape index (κ2) is 7.82. The predicted molar refractivity (Wildman–Crippen MR) is 91.0 cm³/mol. The summed E-state index contributed by atoms with van der Waals surface area (Å²) < 4.78 is 0. The molecule has 0 heterocycles. The Bertz CT molecular complexity index is 271. The monoisotopic (exact) mass is 281 g/mol. The Labute approximate surface area is 128 Å². The first-order valence-corrected chi connectivity index (χ1v) is 9.02. The fourth-order valence-corrected chi connectivity index (χ4v) is 4.12. The van der Waals surface area contributed by atoms with Crippen molar-refractivity contribution in [2.24, 2.45) is 29.1 Å². The Morgan fingerprint density at radius 3 is 2.35 bits per heavy atom. The summed E-state index contributed by atoms with van der Waals surface area (Å²) in [5.41, 5.74) is 0.558. The Morgan fingerprint density at radius 1 is 1.15 bits per heavy atom. The van der Waals surface area contributed by atoms with Crippen LogP contribution in [0.2, 0.25) is 0 Å². The third-order valence-electron chi connectivity index (χ3n) is 5.99. The Hall–Kier alpha value is -0.0400. The molecule has 1 nitrogen and oxygen atoms in total. The number of unbranched alkanes of at least 4 members (excludes halogenated alkanes) is 1. The molecule has 120 valence electrons. The van der Waals surface area contributed by atoms with Gasteiger partial charge in [-0.1, -0.05) is 54.4 Å². The maximum Gasteiger partial charge on any atom is -0.00219 e. The molecule has 1 heteroatoms. The first-order valence-electron chi connectivity index (χ1n) is 9.02. The van der Waals surface area contributed by atoms with Crippen LogP contribution in [0.5, 0.6) is 0 Å². The van der Waals surface area contributed by atoms with Crippen LogP contribution in [0, 0.1) is 29.1 Å². The van der Waals surface area contributed by atoms with Gasteiger partial charge in [-0.3, -0.25) is 0 Å². The molecule has 4 unspecified atom stereocenters. The average molecular weight is 282 g/mol. The molecule has 0 aromatic carbocycles. The fourth-order valence-electron chi connectivity index (χ4n) is 4.12. The van der Waals surface area contributed by atoms with Crippen molar-refractivity contribution in [2.75, 3.05) is 20.1 Å². The summed E-state index contributed by atoms with van der Waals surface area (Å²) in [6.07, 6.45) is 6.99. The van der Waals surface area contributed by atoms with Crippen molar-refractivity contribution < 1.29 is 0 Å².